The van der Waals surface area contributed by atoms with Crippen molar-refractivity contribution in [2.24, 2.45) is 12.8 Å². The molecule has 0 aromatic carbocycles. The van der Waals surface area contributed by atoms with Gasteiger partial charge in [0.25, 0.3) is 0 Å². The van der Waals surface area contributed by atoms with E-state index in [4.69, 9.17) is 5.73 Å². The third-order valence-corrected chi connectivity index (χ3v) is 4.00. The van der Waals surface area contributed by atoms with Crippen LogP contribution in [-0.2, 0) is 7.05 Å². The highest BCUT2D eigenvalue weighted by Gasteiger charge is 2.20. The lowest BCUT2D eigenvalue weighted by Gasteiger charge is -2.19. The largest absolute Gasteiger partial charge is 0.329 e. The van der Waals surface area contributed by atoms with Gasteiger partial charge < -0.3 is 10.3 Å². The van der Waals surface area contributed by atoms with Gasteiger partial charge in [0, 0.05) is 31.7 Å². The Balaban J connectivity index is 2.22. The Morgan fingerprint density at radius 1 is 1.29 bits per heavy atom. The maximum atomic E-state index is 6.04. The van der Waals surface area contributed by atoms with Crippen LogP contribution in [0.15, 0.2) is 41.9 Å². The lowest BCUT2D eigenvalue weighted by Crippen LogP contribution is -2.23. The lowest BCUT2D eigenvalue weighted by atomic mass is 10.2. The maximum Gasteiger partial charge on any atom is 0.168 e. The lowest BCUT2D eigenvalue weighted by molar-refractivity contribution is 0.696. The van der Waals surface area contributed by atoms with Crippen LogP contribution in [0.1, 0.15) is 17.9 Å². The number of thioether (sulfide) groups is 1. The van der Waals surface area contributed by atoms with Crippen molar-refractivity contribution in [1.29, 1.82) is 0 Å². The van der Waals surface area contributed by atoms with Gasteiger partial charge in [0.15, 0.2) is 5.16 Å². The van der Waals surface area contributed by atoms with Crippen molar-refractivity contribution in [1.82, 2.24) is 14.5 Å². The smallest absolute Gasteiger partial charge is 0.168 e. The van der Waals surface area contributed by atoms with E-state index in [0.717, 1.165) is 10.9 Å². The van der Waals surface area contributed by atoms with E-state index >= 15 is 0 Å². The number of hydrogen-bond acceptors (Lipinski definition) is 4. The fraction of sp³-hybridized carbons (Fsp3) is 0.333. The monoisotopic (exact) mass is 248 g/mol. The van der Waals surface area contributed by atoms with Gasteiger partial charge in [-0.25, -0.2) is 4.98 Å². The molecule has 5 heteroatoms. The molecular weight excluding hydrogens is 232 g/mol. The molecule has 17 heavy (non-hydrogen) atoms. The summed E-state index contributed by atoms with van der Waals surface area (Å²) < 4.78 is 1.99. The highest BCUT2D eigenvalue weighted by molar-refractivity contribution is 7.99. The zero-order valence-corrected chi connectivity index (χ0v) is 10.8. The highest BCUT2D eigenvalue weighted by Crippen LogP contribution is 2.34. The van der Waals surface area contributed by atoms with Gasteiger partial charge in [0.2, 0.25) is 0 Å². The summed E-state index contributed by atoms with van der Waals surface area (Å²) in [7, 11) is 1.98. The molecule has 90 valence electrons. The van der Waals surface area contributed by atoms with Gasteiger partial charge in [-0.3, -0.25) is 4.98 Å². The van der Waals surface area contributed by atoms with Crippen LogP contribution in [0.2, 0.25) is 0 Å². The van der Waals surface area contributed by atoms with Crippen molar-refractivity contribution in [2.75, 3.05) is 0 Å². The van der Waals surface area contributed by atoms with E-state index in [1.54, 1.807) is 24.2 Å². The molecule has 0 fully saturated rings. The Hall–Kier alpha value is -1.33. The number of rotatable bonds is 4. The quantitative estimate of drug-likeness (QED) is 0.841. The number of nitrogens with zero attached hydrogens (tertiary/aromatic N) is 3. The van der Waals surface area contributed by atoms with E-state index in [0.29, 0.717) is 0 Å². The molecule has 2 unspecified atom stereocenters. The van der Waals surface area contributed by atoms with Gasteiger partial charge in [-0.2, -0.15) is 0 Å². The van der Waals surface area contributed by atoms with Crippen molar-refractivity contribution in [3.8, 4) is 0 Å². The van der Waals surface area contributed by atoms with Gasteiger partial charge in [-0.1, -0.05) is 17.8 Å². The molecule has 0 radical (unpaired) electrons. The molecule has 2 rings (SSSR count). The van der Waals surface area contributed by atoms with E-state index in [2.05, 4.69) is 9.97 Å². The van der Waals surface area contributed by atoms with Gasteiger partial charge in [-0.15, -0.1) is 0 Å². The first kappa shape index (κ1) is 12.1. The molecule has 0 saturated carbocycles. The van der Waals surface area contributed by atoms with Crippen LogP contribution in [-0.4, -0.2) is 20.6 Å². The average Bonchev–Trinajstić information content (AvgIpc) is 2.72. The first-order valence-corrected chi connectivity index (χ1v) is 6.37. The second-order valence-corrected chi connectivity index (χ2v) is 5.08. The molecule has 0 amide bonds. The molecule has 2 atom stereocenters. The molecule has 0 spiro atoms. The molecule has 2 N–H and O–H groups in total. The van der Waals surface area contributed by atoms with Crippen LogP contribution in [0.4, 0.5) is 0 Å². The second kappa shape index (κ2) is 5.33. The summed E-state index contributed by atoms with van der Waals surface area (Å²) in [5, 5.41) is 1.08. The van der Waals surface area contributed by atoms with E-state index in [-0.39, 0.29) is 11.3 Å². The Morgan fingerprint density at radius 3 is 2.65 bits per heavy atom. The summed E-state index contributed by atoms with van der Waals surface area (Å²) in [5.74, 6) is 0. The fourth-order valence-corrected chi connectivity index (χ4v) is 2.61. The number of aromatic nitrogens is 3. The molecule has 4 nitrogen and oxygen atoms in total. The second-order valence-electron chi connectivity index (χ2n) is 3.97. The summed E-state index contributed by atoms with van der Waals surface area (Å²) in [4.78, 5) is 8.68. The van der Waals surface area contributed by atoms with Crippen molar-refractivity contribution >= 4 is 11.8 Å². The summed E-state index contributed by atoms with van der Waals surface area (Å²) in [6, 6.07) is 5.92. The minimum atomic E-state index is 0.0200. The molecule has 2 aromatic heterocycles. The van der Waals surface area contributed by atoms with Crippen LogP contribution >= 0.6 is 11.8 Å². The maximum absolute atomic E-state index is 6.04. The number of aryl methyl sites for hydroxylation is 1. The molecule has 0 aliphatic rings. The predicted molar refractivity (Wildman–Crippen MR) is 69.7 cm³/mol. The summed E-state index contributed by atoms with van der Waals surface area (Å²) in [6.45, 7) is 2.00. The van der Waals surface area contributed by atoms with Gasteiger partial charge >= 0.3 is 0 Å². The third-order valence-electron chi connectivity index (χ3n) is 2.47. The number of imidazole rings is 1. The van der Waals surface area contributed by atoms with Gasteiger partial charge in [0.1, 0.15) is 0 Å². The Morgan fingerprint density at radius 2 is 2.12 bits per heavy atom. The van der Waals surface area contributed by atoms with E-state index in [1.807, 2.05) is 42.9 Å². The van der Waals surface area contributed by atoms with Crippen LogP contribution in [0.25, 0.3) is 0 Å². The summed E-state index contributed by atoms with van der Waals surface area (Å²) in [6.07, 6.45) is 5.52. The topological polar surface area (TPSA) is 56.7 Å². The minimum Gasteiger partial charge on any atom is -0.329 e. The molecule has 0 aliphatic heterocycles. The van der Waals surface area contributed by atoms with E-state index < -0.39 is 0 Å². The van der Waals surface area contributed by atoms with Crippen LogP contribution in [0.3, 0.4) is 0 Å². The SMILES string of the molecule is CC(N)C(Sc1nccn1C)c1ccccn1. The fourth-order valence-electron chi connectivity index (χ4n) is 1.56. The zero-order chi connectivity index (χ0) is 12.3. The first-order valence-electron chi connectivity index (χ1n) is 5.49. The van der Waals surface area contributed by atoms with Crippen molar-refractivity contribution < 1.29 is 0 Å². The van der Waals surface area contributed by atoms with E-state index in [9.17, 15) is 0 Å². The van der Waals surface area contributed by atoms with Crippen molar-refractivity contribution in [3.05, 3.63) is 42.5 Å². The molecule has 0 bridgehead atoms. The standard InChI is InChI=1S/C12H16N4S/c1-9(13)11(10-5-3-4-6-14-10)17-12-15-7-8-16(12)2/h3-9,11H,13H2,1-2H3. The summed E-state index contributed by atoms with van der Waals surface area (Å²) >= 11 is 1.65. The zero-order valence-electron chi connectivity index (χ0n) is 9.95. The predicted octanol–water partition coefficient (Wildman–Crippen LogP) is 2.00. The van der Waals surface area contributed by atoms with Crippen LogP contribution in [0.5, 0.6) is 0 Å². The number of pyridine rings is 1. The number of nitrogens with two attached hydrogens (primary N) is 1. The molecular formula is C12H16N4S. The van der Waals surface area contributed by atoms with E-state index in [1.165, 1.54) is 0 Å². The van der Waals surface area contributed by atoms with Crippen LogP contribution in [0, 0.1) is 0 Å². The molecule has 2 heterocycles. The molecule has 0 saturated heterocycles. The third kappa shape index (κ3) is 2.87. The highest BCUT2D eigenvalue weighted by atomic mass is 32.2. The minimum absolute atomic E-state index is 0.0200. The Labute approximate surface area is 105 Å². The summed E-state index contributed by atoms with van der Waals surface area (Å²) in [5.41, 5.74) is 7.03. The van der Waals surface area contributed by atoms with Gasteiger partial charge in [0.05, 0.1) is 10.9 Å². The normalized spacial score (nSPS) is 14.5. The van der Waals surface area contributed by atoms with Crippen molar-refractivity contribution in [2.45, 2.75) is 23.4 Å². The van der Waals surface area contributed by atoms with Gasteiger partial charge in [-0.05, 0) is 19.1 Å². The molecule has 2 aromatic rings. The molecule has 0 aliphatic carbocycles. The number of hydrogen-bond donors (Lipinski definition) is 1. The Bertz CT molecular complexity index is 466. The first-order chi connectivity index (χ1) is 8.18. The Kier molecular flexibility index (Phi) is 3.81. The van der Waals surface area contributed by atoms with Crippen LogP contribution < -0.4 is 5.73 Å². The average molecular weight is 248 g/mol. The van der Waals surface area contributed by atoms with Crippen molar-refractivity contribution in [3.63, 3.8) is 0 Å².